The summed E-state index contributed by atoms with van der Waals surface area (Å²) in [5, 5.41) is 4.44. The van der Waals surface area contributed by atoms with Gasteiger partial charge < -0.3 is 19.9 Å². The van der Waals surface area contributed by atoms with E-state index in [1.165, 1.54) is 71.2 Å². The molecule has 5 heteroatoms. The summed E-state index contributed by atoms with van der Waals surface area (Å²) in [5.41, 5.74) is 0. The maximum absolute atomic E-state index is 6.36. The van der Waals surface area contributed by atoms with Gasteiger partial charge in [0.1, 0.15) is 0 Å². The minimum absolute atomic E-state index is 0. The quantitative estimate of drug-likeness (QED) is 0.676. The van der Waals surface area contributed by atoms with E-state index in [2.05, 4.69) is 22.2 Å². The van der Waals surface area contributed by atoms with Crippen molar-refractivity contribution in [3.05, 3.63) is 5.32 Å². The van der Waals surface area contributed by atoms with Crippen molar-refractivity contribution < 1.29 is 56.1 Å². The van der Waals surface area contributed by atoms with Gasteiger partial charge in [-0.3, -0.25) is 0 Å². The molecule has 3 aliphatic rings. The van der Waals surface area contributed by atoms with Gasteiger partial charge in [0.15, 0.2) is 0 Å². The first-order valence-corrected chi connectivity index (χ1v) is 9.99. The molecule has 1 saturated carbocycles. The van der Waals surface area contributed by atoms with Crippen LogP contribution in [0.2, 0.25) is 0 Å². The third kappa shape index (κ3) is 8.44. The molecule has 2 heterocycles. The minimum Gasteiger partial charge on any atom is -0.660 e. The zero-order valence-electron chi connectivity index (χ0n) is 16.7. The van der Waals surface area contributed by atoms with Gasteiger partial charge in [0.05, 0.1) is 12.2 Å². The third-order valence-corrected chi connectivity index (χ3v) is 5.51. The molecule has 1 aliphatic carbocycles. The maximum Gasteiger partial charge on any atom is 1.00 e. The smallest absolute Gasteiger partial charge is 0.660 e. The van der Waals surface area contributed by atoms with Gasteiger partial charge in [-0.05, 0) is 64.6 Å². The van der Waals surface area contributed by atoms with Crippen LogP contribution < -0.4 is 51.4 Å². The molecule has 0 aromatic rings. The van der Waals surface area contributed by atoms with Gasteiger partial charge in [-0.1, -0.05) is 13.8 Å². The fourth-order valence-corrected chi connectivity index (χ4v) is 4.04. The van der Waals surface area contributed by atoms with Crippen LogP contribution in [0.25, 0.3) is 5.32 Å². The molecule has 2 saturated heterocycles. The van der Waals surface area contributed by atoms with E-state index in [9.17, 15) is 0 Å². The molecule has 2 aliphatic heterocycles. The van der Waals surface area contributed by atoms with E-state index in [1.807, 2.05) is 13.8 Å². The van der Waals surface area contributed by atoms with E-state index in [0.29, 0.717) is 12.2 Å². The third-order valence-electron chi connectivity index (χ3n) is 5.51. The first-order valence-electron chi connectivity index (χ1n) is 9.99. The second kappa shape index (κ2) is 13.6. The molecule has 4 nitrogen and oxygen atoms in total. The molecular weight excluding hydrogens is 325 g/mol. The molecule has 0 spiro atoms. The van der Waals surface area contributed by atoms with Crippen LogP contribution in [-0.4, -0.2) is 74.9 Å². The average molecular weight is 364 g/mol. The van der Waals surface area contributed by atoms with Crippen LogP contribution in [0.3, 0.4) is 0 Å². The van der Waals surface area contributed by atoms with Gasteiger partial charge in [0.2, 0.25) is 0 Å². The van der Waals surface area contributed by atoms with E-state index in [4.69, 9.17) is 4.74 Å². The van der Waals surface area contributed by atoms with Gasteiger partial charge in [-0.15, -0.1) is 13.1 Å². The fourth-order valence-electron chi connectivity index (χ4n) is 4.04. The molecular formula is C19H38KN3O. The predicted octanol–water partition coefficient (Wildman–Crippen LogP) is 0.376. The normalized spacial score (nSPS) is 30.1. The minimum atomic E-state index is 0. The number of likely N-dealkylation sites (tertiary alicyclic amines) is 1. The van der Waals surface area contributed by atoms with Crippen LogP contribution in [0.1, 0.15) is 52.4 Å². The molecule has 3 fully saturated rings. The van der Waals surface area contributed by atoms with Crippen molar-refractivity contribution >= 4 is 0 Å². The summed E-state index contributed by atoms with van der Waals surface area (Å²) in [6, 6.07) is 0. The van der Waals surface area contributed by atoms with Crippen molar-refractivity contribution in [1.29, 1.82) is 0 Å². The Balaban J connectivity index is 0.000000925. The van der Waals surface area contributed by atoms with Crippen LogP contribution in [0.15, 0.2) is 0 Å². The standard InChI is InChI=1S/C17H32N3O.C2H6.K/c1-19-10-6-17(7-11-19)21-16-4-2-15(3-5-16)14-20-12-8-18-9-13-20;1-2;/h15-17H,2-14H2,1H3;1-2H3;/q-1;;+1. The van der Waals surface area contributed by atoms with Gasteiger partial charge in [-0.2, -0.15) is 0 Å². The molecule has 0 bridgehead atoms. The number of hydrogen-bond acceptors (Lipinski definition) is 3. The second-order valence-corrected chi connectivity index (χ2v) is 7.25. The van der Waals surface area contributed by atoms with E-state index >= 15 is 0 Å². The molecule has 3 rings (SSSR count). The molecule has 0 amide bonds. The van der Waals surface area contributed by atoms with Crippen LogP contribution >= 0.6 is 0 Å². The van der Waals surface area contributed by atoms with Crippen LogP contribution in [0.5, 0.6) is 0 Å². The van der Waals surface area contributed by atoms with Gasteiger partial charge in [-0.25, -0.2) is 0 Å². The largest absolute Gasteiger partial charge is 1.00 e. The van der Waals surface area contributed by atoms with Gasteiger partial charge >= 0.3 is 51.4 Å². The monoisotopic (exact) mass is 363 g/mol. The van der Waals surface area contributed by atoms with Crippen LogP contribution in [-0.2, 0) is 4.74 Å². The van der Waals surface area contributed by atoms with Crippen molar-refractivity contribution in [1.82, 2.24) is 9.80 Å². The van der Waals surface area contributed by atoms with E-state index < -0.39 is 0 Å². The molecule has 24 heavy (non-hydrogen) atoms. The number of rotatable bonds is 4. The number of piperazine rings is 1. The Hall–Kier alpha value is 1.48. The Kier molecular flexibility index (Phi) is 13.3. The summed E-state index contributed by atoms with van der Waals surface area (Å²) in [5.74, 6) is 0.903. The van der Waals surface area contributed by atoms with Crippen molar-refractivity contribution in [2.75, 3.05) is 52.9 Å². The molecule has 0 N–H and O–H groups in total. The number of ether oxygens (including phenoxy) is 1. The Morgan fingerprint density at radius 3 is 1.96 bits per heavy atom. The number of hydrogen-bond donors (Lipinski definition) is 0. The topological polar surface area (TPSA) is 29.8 Å². The zero-order valence-corrected chi connectivity index (χ0v) is 19.8. The zero-order chi connectivity index (χ0) is 16.5. The molecule has 136 valence electrons. The fraction of sp³-hybridized carbons (Fsp3) is 1.00. The van der Waals surface area contributed by atoms with E-state index in [1.54, 1.807) is 0 Å². The summed E-state index contributed by atoms with van der Waals surface area (Å²) in [7, 11) is 2.22. The Labute approximate surface area is 192 Å². The number of nitrogens with zero attached hydrogens (tertiary/aromatic N) is 3. The number of piperidine rings is 1. The Bertz CT molecular complexity index is 297. The predicted molar refractivity (Wildman–Crippen MR) is 98.2 cm³/mol. The molecule has 0 unspecified atom stereocenters. The van der Waals surface area contributed by atoms with E-state index in [0.717, 1.165) is 19.0 Å². The van der Waals surface area contributed by atoms with Gasteiger partial charge in [0.25, 0.3) is 0 Å². The van der Waals surface area contributed by atoms with Crippen molar-refractivity contribution in [3.8, 4) is 0 Å². The first-order chi connectivity index (χ1) is 11.3. The Morgan fingerprint density at radius 2 is 1.38 bits per heavy atom. The molecule has 0 radical (unpaired) electrons. The second-order valence-electron chi connectivity index (χ2n) is 7.25. The van der Waals surface area contributed by atoms with Gasteiger partial charge in [0, 0.05) is 19.6 Å². The average Bonchev–Trinajstić information content (AvgIpc) is 2.61. The van der Waals surface area contributed by atoms with Crippen LogP contribution in [0.4, 0.5) is 0 Å². The summed E-state index contributed by atoms with van der Waals surface area (Å²) in [6.07, 6.45) is 8.85. The van der Waals surface area contributed by atoms with Crippen molar-refractivity contribution in [2.45, 2.75) is 64.6 Å². The van der Waals surface area contributed by atoms with E-state index in [-0.39, 0.29) is 51.4 Å². The Morgan fingerprint density at radius 1 is 0.833 bits per heavy atom. The maximum atomic E-state index is 6.36. The SMILES string of the molecule is CC.CN1CCC(OC2CCC(CN3CC[N-]CC3)CC2)CC1.[K+]. The summed E-state index contributed by atoms with van der Waals surface area (Å²) < 4.78 is 6.36. The molecule has 0 aromatic carbocycles. The molecule has 0 atom stereocenters. The van der Waals surface area contributed by atoms with Crippen molar-refractivity contribution in [3.63, 3.8) is 0 Å². The summed E-state index contributed by atoms with van der Waals surface area (Å²) >= 11 is 0. The van der Waals surface area contributed by atoms with Crippen LogP contribution in [0, 0.1) is 5.92 Å². The molecule has 0 aromatic heterocycles. The van der Waals surface area contributed by atoms with Crippen molar-refractivity contribution in [2.24, 2.45) is 5.92 Å². The summed E-state index contributed by atoms with van der Waals surface area (Å²) in [6.45, 7) is 12.2. The summed E-state index contributed by atoms with van der Waals surface area (Å²) in [4.78, 5) is 5.04. The first kappa shape index (κ1) is 23.5.